The van der Waals surface area contributed by atoms with Gasteiger partial charge in [0.15, 0.2) is 0 Å². The summed E-state index contributed by atoms with van der Waals surface area (Å²) in [4.78, 5) is 13.6. The van der Waals surface area contributed by atoms with Gasteiger partial charge in [-0.1, -0.05) is 0 Å². The van der Waals surface area contributed by atoms with Gasteiger partial charge in [-0.3, -0.25) is 4.79 Å². The molecule has 3 rings (SSSR count). The summed E-state index contributed by atoms with van der Waals surface area (Å²) in [7, 11) is 2.11. The normalized spacial score (nSPS) is 25.3. The van der Waals surface area contributed by atoms with Gasteiger partial charge >= 0.3 is 0 Å². The molecule has 96 valence electrons. The highest BCUT2D eigenvalue weighted by molar-refractivity contribution is 5.99. The molecule has 1 aliphatic carbocycles. The lowest BCUT2D eigenvalue weighted by atomic mass is 9.80. The molecule has 2 aliphatic rings. The third-order valence-electron chi connectivity index (χ3n) is 3.96. The summed E-state index contributed by atoms with van der Waals surface area (Å²) >= 11 is 0. The first-order chi connectivity index (χ1) is 8.61. The average Bonchev–Trinajstić information content (AvgIpc) is 2.65. The van der Waals surface area contributed by atoms with Crippen LogP contribution < -0.4 is 16.0 Å². The molecule has 1 amide bonds. The van der Waals surface area contributed by atoms with Crippen molar-refractivity contribution in [1.82, 2.24) is 0 Å². The maximum Gasteiger partial charge on any atom is 0.228 e. The average molecular weight is 245 g/mol. The third kappa shape index (κ3) is 2.08. The van der Waals surface area contributed by atoms with E-state index in [2.05, 4.69) is 29.4 Å². The summed E-state index contributed by atoms with van der Waals surface area (Å²) in [5.74, 6) is 0.813. The summed E-state index contributed by atoms with van der Waals surface area (Å²) in [6.45, 7) is 1.05. The Labute approximate surface area is 107 Å². The molecule has 0 saturated heterocycles. The summed E-state index contributed by atoms with van der Waals surface area (Å²) in [6, 6.07) is 6.60. The zero-order valence-electron chi connectivity index (χ0n) is 10.6. The minimum Gasteiger partial charge on any atom is -0.374 e. The van der Waals surface area contributed by atoms with Gasteiger partial charge in [0.1, 0.15) is 0 Å². The van der Waals surface area contributed by atoms with Crippen molar-refractivity contribution in [2.24, 2.45) is 11.7 Å². The number of hydrogen-bond donors (Lipinski definition) is 2. The first kappa shape index (κ1) is 11.5. The van der Waals surface area contributed by atoms with Crippen LogP contribution in [0.4, 0.5) is 11.4 Å². The molecule has 4 nitrogen and oxygen atoms in total. The molecule has 1 aromatic rings. The van der Waals surface area contributed by atoms with Crippen LogP contribution >= 0.6 is 0 Å². The van der Waals surface area contributed by atoms with Gasteiger partial charge in [0.2, 0.25) is 5.91 Å². The Morgan fingerprint density at radius 2 is 2.22 bits per heavy atom. The minimum atomic E-state index is 0.0924. The summed E-state index contributed by atoms with van der Waals surface area (Å²) < 4.78 is 0. The second-order valence-electron chi connectivity index (χ2n) is 5.54. The second kappa shape index (κ2) is 4.28. The van der Waals surface area contributed by atoms with Crippen molar-refractivity contribution in [1.29, 1.82) is 0 Å². The number of nitrogens with one attached hydrogen (secondary N) is 1. The van der Waals surface area contributed by atoms with Crippen molar-refractivity contribution in [2.75, 3.05) is 23.8 Å². The molecule has 0 atom stereocenters. The van der Waals surface area contributed by atoms with Gasteiger partial charge < -0.3 is 16.0 Å². The van der Waals surface area contributed by atoms with Crippen LogP contribution in [0.15, 0.2) is 18.2 Å². The summed E-state index contributed by atoms with van der Waals surface area (Å²) in [6.07, 6.45) is 2.77. The molecule has 18 heavy (non-hydrogen) atoms. The Balaban J connectivity index is 1.69. The van der Waals surface area contributed by atoms with Gasteiger partial charge in [0.25, 0.3) is 0 Å². The maximum absolute atomic E-state index is 11.3. The molecule has 3 N–H and O–H groups in total. The Hall–Kier alpha value is -1.55. The highest BCUT2D eigenvalue weighted by atomic mass is 16.1. The number of fused-ring (bicyclic) bond motifs is 1. The van der Waals surface area contributed by atoms with Crippen LogP contribution in [0.5, 0.6) is 0 Å². The SMILES string of the molecule is CN(CC1CC(N)C1)c1ccc2c(c1)CC(=O)N2. The van der Waals surface area contributed by atoms with Crippen LogP contribution in [0, 0.1) is 5.92 Å². The number of nitrogens with zero attached hydrogens (tertiary/aromatic N) is 1. The molecule has 0 bridgehead atoms. The van der Waals surface area contributed by atoms with Crippen molar-refractivity contribution >= 4 is 17.3 Å². The van der Waals surface area contributed by atoms with E-state index in [9.17, 15) is 4.79 Å². The van der Waals surface area contributed by atoms with E-state index in [4.69, 9.17) is 5.73 Å². The summed E-state index contributed by atoms with van der Waals surface area (Å²) in [5.41, 5.74) is 9.06. The van der Waals surface area contributed by atoms with E-state index in [1.165, 1.54) is 5.69 Å². The van der Waals surface area contributed by atoms with Crippen molar-refractivity contribution in [3.8, 4) is 0 Å². The summed E-state index contributed by atoms with van der Waals surface area (Å²) in [5, 5.41) is 2.86. The van der Waals surface area contributed by atoms with Crippen LogP contribution in [0.2, 0.25) is 0 Å². The van der Waals surface area contributed by atoms with Gasteiger partial charge in [-0.25, -0.2) is 0 Å². The van der Waals surface area contributed by atoms with Crippen LogP contribution in [0.25, 0.3) is 0 Å². The van der Waals surface area contributed by atoms with E-state index in [0.29, 0.717) is 12.5 Å². The Morgan fingerprint density at radius 1 is 1.44 bits per heavy atom. The maximum atomic E-state index is 11.3. The van der Waals surface area contributed by atoms with E-state index in [1.54, 1.807) is 0 Å². The molecule has 1 aliphatic heterocycles. The van der Waals surface area contributed by atoms with Gasteiger partial charge in [0.05, 0.1) is 6.42 Å². The van der Waals surface area contributed by atoms with Gasteiger partial charge in [-0.05, 0) is 42.5 Å². The molecular weight excluding hydrogens is 226 g/mol. The largest absolute Gasteiger partial charge is 0.374 e. The van der Waals surface area contributed by atoms with Gasteiger partial charge in [-0.2, -0.15) is 0 Å². The molecule has 0 unspecified atom stereocenters. The molecule has 0 radical (unpaired) electrons. The quantitative estimate of drug-likeness (QED) is 0.845. The molecule has 1 heterocycles. The monoisotopic (exact) mass is 245 g/mol. The first-order valence-corrected chi connectivity index (χ1v) is 6.51. The van der Waals surface area contributed by atoms with E-state index in [1.807, 2.05) is 6.07 Å². The van der Waals surface area contributed by atoms with Crippen LogP contribution in [-0.4, -0.2) is 25.5 Å². The lowest BCUT2D eigenvalue weighted by Crippen LogP contribution is -2.41. The number of hydrogen-bond acceptors (Lipinski definition) is 3. The van der Waals surface area contributed by atoms with Crippen molar-refractivity contribution < 1.29 is 4.79 Å². The molecule has 4 heteroatoms. The Morgan fingerprint density at radius 3 is 2.94 bits per heavy atom. The van der Waals surface area contributed by atoms with E-state index >= 15 is 0 Å². The predicted molar refractivity (Wildman–Crippen MR) is 72.7 cm³/mol. The van der Waals surface area contributed by atoms with E-state index in [0.717, 1.165) is 36.6 Å². The van der Waals surface area contributed by atoms with Crippen molar-refractivity contribution in [3.63, 3.8) is 0 Å². The van der Waals surface area contributed by atoms with E-state index in [-0.39, 0.29) is 5.91 Å². The molecule has 0 spiro atoms. The van der Waals surface area contributed by atoms with Crippen molar-refractivity contribution in [2.45, 2.75) is 25.3 Å². The minimum absolute atomic E-state index is 0.0924. The number of benzene rings is 1. The molecule has 1 fully saturated rings. The fraction of sp³-hybridized carbons (Fsp3) is 0.500. The predicted octanol–water partition coefficient (Wildman–Crippen LogP) is 1.35. The number of nitrogens with two attached hydrogens (primary N) is 1. The Kier molecular flexibility index (Phi) is 2.74. The zero-order chi connectivity index (χ0) is 12.7. The highest BCUT2D eigenvalue weighted by Gasteiger charge is 2.27. The van der Waals surface area contributed by atoms with Crippen LogP contribution in [-0.2, 0) is 11.2 Å². The third-order valence-corrected chi connectivity index (χ3v) is 3.96. The first-order valence-electron chi connectivity index (χ1n) is 6.51. The topological polar surface area (TPSA) is 58.4 Å². The van der Waals surface area contributed by atoms with Gasteiger partial charge in [-0.15, -0.1) is 0 Å². The van der Waals surface area contributed by atoms with Crippen molar-refractivity contribution in [3.05, 3.63) is 23.8 Å². The van der Waals surface area contributed by atoms with E-state index < -0.39 is 0 Å². The highest BCUT2D eigenvalue weighted by Crippen LogP contribution is 2.30. The molecule has 1 aromatic carbocycles. The van der Waals surface area contributed by atoms with Gasteiger partial charge in [0, 0.05) is 31.0 Å². The number of carbonyl (C=O) groups is 1. The Bertz CT molecular complexity index is 480. The molecule has 1 saturated carbocycles. The lowest BCUT2D eigenvalue weighted by molar-refractivity contribution is -0.115. The fourth-order valence-corrected chi connectivity index (χ4v) is 2.88. The lowest BCUT2D eigenvalue weighted by Gasteiger charge is -2.36. The number of amides is 1. The molecular formula is C14H19N3O. The standard InChI is InChI=1S/C14H19N3O/c1-17(8-9-4-11(15)5-9)12-2-3-13-10(6-12)7-14(18)16-13/h2-3,6,9,11H,4-5,7-8,15H2,1H3,(H,16,18). The smallest absolute Gasteiger partial charge is 0.228 e. The number of carbonyl (C=O) groups excluding carboxylic acids is 1. The molecule has 0 aromatic heterocycles. The van der Waals surface area contributed by atoms with Crippen LogP contribution in [0.1, 0.15) is 18.4 Å². The number of anilines is 2. The fourth-order valence-electron chi connectivity index (χ4n) is 2.88. The van der Waals surface area contributed by atoms with Crippen LogP contribution in [0.3, 0.4) is 0 Å². The number of rotatable bonds is 3. The zero-order valence-corrected chi connectivity index (χ0v) is 10.6. The second-order valence-corrected chi connectivity index (χ2v) is 5.54.